The summed E-state index contributed by atoms with van der Waals surface area (Å²) in [5.41, 5.74) is 5.53. The molecule has 0 bridgehead atoms. The summed E-state index contributed by atoms with van der Waals surface area (Å²) in [6, 6.07) is 0.346. The molecule has 1 saturated carbocycles. The molecule has 0 radical (unpaired) electrons. The zero-order chi connectivity index (χ0) is 7.14. The van der Waals surface area contributed by atoms with Crippen LogP contribution in [-0.4, -0.2) is 30.8 Å². The van der Waals surface area contributed by atoms with Gasteiger partial charge < -0.3 is 16.2 Å². The van der Waals surface area contributed by atoms with Crippen LogP contribution in [0, 0.1) is 17.8 Å². The van der Waals surface area contributed by atoms with Crippen LogP contribution in [0.5, 0.6) is 0 Å². The third kappa shape index (κ3) is 0.713. The number of aliphatic hydroxyl groups is 1. The molecule has 0 amide bonds. The van der Waals surface area contributed by atoms with Crippen LogP contribution in [-0.2, 0) is 0 Å². The molecule has 1 heterocycles. The van der Waals surface area contributed by atoms with E-state index >= 15 is 0 Å². The van der Waals surface area contributed by atoms with Crippen molar-refractivity contribution in [2.75, 3.05) is 19.7 Å². The highest BCUT2D eigenvalue weighted by Crippen LogP contribution is 2.50. The maximum Gasteiger partial charge on any atom is 0.0587 e. The average Bonchev–Trinajstić information content (AvgIpc) is 2.51. The van der Waals surface area contributed by atoms with E-state index in [1.165, 1.54) is 0 Å². The summed E-state index contributed by atoms with van der Waals surface area (Å²) in [5.74, 6) is 2.18. The number of fused-ring (bicyclic) bond motifs is 1. The van der Waals surface area contributed by atoms with Crippen molar-refractivity contribution in [1.82, 2.24) is 5.32 Å². The van der Waals surface area contributed by atoms with Crippen molar-refractivity contribution >= 4 is 0 Å². The maximum absolute atomic E-state index is 8.87. The third-order valence-corrected chi connectivity index (χ3v) is 2.95. The highest BCUT2D eigenvalue weighted by Gasteiger charge is 2.56. The summed E-state index contributed by atoms with van der Waals surface area (Å²) >= 11 is 0. The Hall–Kier alpha value is -0.120. The van der Waals surface area contributed by atoms with Gasteiger partial charge in [-0.05, 0) is 30.8 Å². The number of nitrogens with two attached hydrogens (primary N) is 1. The van der Waals surface area contributed by atoms with Crippen LogP contribution in [0.3, 0.4) is 0 Å². The molecule has 0 unspecified atom stereocenters. The molecule has 58 valence electrons. The molecule has 3 nitrogen and oxygen atoms in total. The van der Waals surface area contributed by atoms with Crippen LogP contribution in [0.1, 0.15) is 0 Å². The van der Waals surface area contributed by atoms with Gasteiger partial charge in [0.15, 0.2) is 0 Å². The van der Waals surface area contributed by atoms with Crippen molar-refractivity contribution < 1.29 is 5.11 Å². The lowest BCUT2D eigenvalue weighted by Crippen LogP contribution is -2.32. The van der Waals surface area contributed by atoms with Crippen molar-refractivity contribution in [3.8, 4) is 0 Å². The normalized spacial score (nSPS) is 51.0. The smallest absolute Gasteiger partial charge is 0.0587 e. The van der Waals surface area contributed by atoms with Crippen molar-refractivity contribution in [3.05, 3.63) is 0 Å². The van der Waals surface area contributed by atoms with Gasteiger partial charge in [0.2, 0.25) is 0 Å². The molecule has 0 aromatic carbocycles. The summed E-state index contributed by atoms with van der Waals surface area (Å²) in [6.07, 6.45) is 0. The molecule has 0 aromatic heterocycles. The van der Waals surface area contributed by atoms with Gasteiger partial charge in [-0.15, -0.1) is 0 Å². The fraction of sp³-hybridized carbons (Fsp3) is 1.00. The minimum Gasteiger partial charge on any atom is -0.395 e. The van der Waals surface area contributed by atoms with Gasteiger partial charge in [0.25, 0.3) is 0 Å². The van der Waals surface area contributed by atoms with Crippen LogP contribution < -0.4 is 11.1 Å². The van der Waals surface area contributed by atoms with Gasteiger partial charge in [0.05, 0.1) is 6.61 Å². The number of piperidine rings is 1. The standard InChI is InChI=1S/C7H14N2O/c8-1-4-5-2-9-6(3-10)7(4)5/h4-7,9-10H,1-3,8H2/t4-,5-,6-,7+/m1/s1. The minimum atomic E-state index is 0.275. The lowest BCUT2D eigenvalue weighted by atomic mass is 10.2. The van der Waals surface area contributed by atoms with Crippen molar-refractivity contribution in [2.24, 2.45) is 23.5 Å². The minimum absolute atomic E-state index is 0.275. The van der Waals surface area contributed by atoms with E-state index in [1.807, 2.05) is 0 Å². The first-order valence-electron chi connectivity index (χ1n) is 3.92. The highest BCUT2D eigenvalue weighted by molar-refractivity contribution is 5.09. The fourth-order valence-corrected chi connectivity index (χ4v) is 2.30. The van der Waals surface area contributed by atoms with Crippen LogP contribution in [0.4, 0.5) is 0 Å². The number of nitrogens with one attached hydrogen (secondary N) is 1. The van der Waals surface area contributed by atoms with Crippen LogP contribution >= 0.6 is 0 Å². The first-order chi connectivity index (χ1) is 4.88. The zero-order valence-electron chi connectivity index (χ0n) is 5.96. The molecule has 1 aliphatic heterocycles. The summed E-state index contributed by atoms with van der Waals surface area (Å²) in [6.45, 7) is 2.14. The molecule has 2 aliphatic rings. The molecule has 0 spiro atoms. The Morgan fingerprint density at radius 1 is 1.60 bits per heavy atom. The van der Waals surface area contributed by atoms with Crippen molar-refractivity contribution in [2.45, 2.75) is 6.04 Å². The van der Waals surface area contributed by atoms with E-state index < -0.39 is 0 Å². The molecule has 4 N–H and O–H groups in total. The van der Waals surface area contributed by atoms with Gasteiger partial charge in [-0.25, -0.2) is 0 Å². The summed E-state index contributed by atoms with van der Waals surface area (Å²) in [4.78, 5) is 0. The fourth-order valence-electron chi connectivity index (χ4n) is 2.30. The Bertz CT molecular complexity index is 136. The molecule has 10 heavy (non-hydrogen) atoms. The van der Waals surface area contributed by atoms with E-state index in [9.17, 15) is 0 Å². The van der Waals surface area contributed by atoms with Crippen LogP contribution in [0.2, 0.25) is 0 Å². The topological polar surface area (TPSA) is 58.3 Å². The lowest BCUT2D eigenvalue weighted by Gasteiger charge is -2.10. The Labute approximate surface area is 60.6 Å². The Morgan fingerprint density at radius 2 is 2.40 bits per heavy atom. The van der Waals surface area contributed by atoms with E-state index in [-0.39, 0.29) is 6.61 Å². The molecule has 2 fully saturated rings. The van der Waals surface area contributed by atoms with Crippen LogP contribution in [0.15, 0.2) is 0 Å². The Kier molecular flexibility index (Phi) is 1.44. The monoisotopic (exact) mass is 142 g/mol. The quantitative estimate of drug-likeness (QED) is 0.452. The Balaban J connectivity index is 1.94. The second-order valence-corrected chi connectivity index (χ2v) is 3.34. The van der Waals surface area contributed by atoms with Gasteiger partial charge in [0, 0.05) is 6.04 Å². The number of hydrogen-bond acceptors (Lipinski definition) is 3. The van der Waals surface area contributed by atoms with Gasteiger partial charge >= 0.3 is 0 Å². The van der Waals surface area contributed by atoms with Gasteiger partial charge in [-0.3, -0.25) is 0 Å². The predicted molar refractivity (Wildman–Crippen MR) is 38.4 cm³/mol. The number of aliphatic hydroxyl groups excluding tert-OH is 1. The second kappa shape index (κ2) is 2.19. The van der Waals surface area contributed by atoms with E-state index in [4.69, 9.17) is 10.8 Å². The first-order valence-corrected chi connectivity index (χ1v) is 3.92. The van der Waals surface area contributed by atoms with Gasteiger partial charge in [-0.2, -0.15) is 0 Å². The summed E-state index contributed by atoms with van der Waals surface area (Å²) in [5, 5.41) is 12.1. The molecular formula is C7H14N2O. The molecule has 1 aliphatic carbocycles. The molecule has 0 aromatic rings. The zero-order valence-corrected chi connectivity index (χ0v) is 5.96. The van der Waals surface area contributed by atoms with Gasteiger partial charge in [-0.1, -0.05) is 0 Å². The lowest BCUT2D eigenvalue weighted by molar-refractivity contribution is 0.236. The Morgan fingerprint density at radius 3 is 2.90 bits per heavy atom. The summed E-state index contributed by atoms with van der Waals surface area (Å²) in [7, 11) is 0. The molecule has 3 heteroatoms. The van der Waals surface area contributed by atoms with E-state index in [0.717, 1.165) is 19.0 Å². The highest BCUT2D eigenvalue weighted by atomic mass is 16.3. The van der Waals surface area contributed by atoms with Crippen molar-refractivity contribution in [3.63, 3.8) is 0 Å². The molecule has 2 rings (SSSR count). The second-order valence-electron chi connectivity index (χ2n) is 3.34. The average molecular weight is 142 g/mol. The molecule has 4 atom stereocenters. The van der Waals surface area contributed by atoms with Crippen LogP contribution in [0.25, 0.3) is 0 Å². The molecular weight excluding hydrogens is 128 g/mol. The van der Waals surface area contributed by atoms with E-state index in [0.29, 0.717) is 17.9 Å². The SMILES string of the molecule is NC[C@@H]1[C@H]2CN[C@H](CO)[C@@H]12. The number of hydrogen-bond donors (Lipinski definition) is 3. The number of rotatable bonds is 2. The largest absolute Gasteiger partial charge is 0.395 e. The maximum atomic E-state index is 8.87. The van der Waals surface area contributed by atoms with E-state index in [1.54, 1.807) is 0 Å². The predicted octanol–water partition coefficient (Wildman–Crippen LogP) is -1.23. The molecule has 1 saturated heterocycles. The van der Waals surface area contributed by atoms with Crippen molar-refractivity contribution in [1.29, 1.82) is 0 Å². The van der Waals surface area contributed by atoms with E-state index in [2.05, 4.69) is 5.32 Å². The summed E-state index contributed by atoms with van der Waals surface area (Å²) < 4.78 is 0. The first kappa shape index (κ1) is 6.58. The van der Waals surface area contributed by atoms with Gasteiger partial charge in [0.1, 0.15) is 0 Å². The third-order valence-electron chi connectivity index (χ3n) is 2.95.